The Bertz CT molecular complexity index is 1580. The number of hydrogen-bond donors (Lipinski definition) is 1. The summed E-state index contributed by atoms with van der Waals surface area (Å²) >= 11 is 18.7. The monoisotopic (exact) mass is 628 g/mol. The number of carboxylic acid groups (broad SMARTS) is 1. The number of ether oxygens (including phenoxy) is 2. The molecule has 0 radical (unpaired) electrons. The van der Waals surface area contributed by atoms with Gasteiger partial charge in [-0.05, 0) is 85.7 Å². The van der Waals surface area contributed by atoms with Gasteiger partial charge in [-0.25, -0.2) is 4.79 Å². The number of benzene rings is 3. The molecule has 2 saturated carbocycles. The zero-order valence-corrected chi connectivity index (χ0v) is 24.8. The maximum absolute atomic E-state index is 10.9. The third-order valence-corrected chi connectivity index (χ3v) is 8.19. The van der Waals surface area contributed by atoms with Crippen LogP contribution in [-0.4, -0.2) is 29.4 Å². The van der Waals surface area contributed by atoms with E-state index in [9.17, 15) is 9.70 Å². The molecule has 42 heavy (non-hydrogen) atoms. The van der Waals surface area contributed by atoms with Gasteiger partial charge < -0.3 is 19.1 Å². The number of nitrogens with zero attached hydrogens (tertiary/aromatic N) is 2. The lowest BCUT2D eigenvalue weighted by molar-refractivity contribution is 0.0696. The summed E-state index contributed by atoms with van der Waals surface area (Å²) in [6.45, 7) is 0.312. The average Bonchev–Trinajstić information content (AvgIpc) is 3.71. The van der Waals surface area contributed by atoms with Crippen LogP contribution in [0.4, 0.5) is 0 Å². The molecule has 8 nitrogen and oxygen atoms in total. The van der Waals surface area contributed by atoms with Gasteiger partial charge in [0.15, 0.2) is 0 Å². The van der Waals surface area contributed by atoms with Gasteiger partial charge in [-0.2, -0.15) is 4.91 Å². The molecule has 1 heterocycles. The lowest BCUT2D eigenvalue weighted by atomic mass is 9.75. The molecule has 11 heteroatoms. The first-order chi connectivity index (χ1) is 20.3. The Morgan fingerprint density at radius 3 is 2.36 bits per heavy atom. The molecule has 0 spiro atoms. The molecule has 3 aromatic carbocycles. The van der Waals surface area contributed by atoms with E-state index in [0.29, 0.717) is 63.2 Å². The molecule has 6 rings (SSSR count). The van der Waals surface area contributed by atoms with Gasteiger partial charge >= 0.3 is 5.97 Å². The van der Waals surface area contributed by atoms with E-state index < -0.39 is 5.97 Å². The Hall–Kier alpha value is -3.59. The van der Waals surface area contributed by atoms with E-state index in [2.05, 4.69) is 10.3 Å². The first-order valence-corrected chi connectivity index (χ1v) is 14.5. The minimum atomic E-state index is -0.960. The number of aromatic nitrogens is 1. The van der Waals surface area contributed by atoms with E-state index in [0.717, 1.165) is 29.7 Å². The van der Waals surface area contributed by atoms with Crippen molar-refractivity contribution in [2.24, 2.45) is 5.18 Å². The predicted molar refractivity (Wildman–Crippen MR) is 161 cm³/mol. The molecule has 1 aromatic heterocycles. The van der Waals surface area contributed by atoms with Gasteiger partial charge in [-0.1, -0.05) is 57.3 Å². The van der Waals surface area contributed by atoms with Crippen LogP contribution in [0.15, 0.2) is 70.4 Å². The van der Waals surface area contributed by atoms with Crippen LogP contribution in [0.3, 0.4) is 0 Å². The number of carbonyl (C=O) groups is 1. The standard InChI is InChI=1S/C19H14Cl3NO2.C12H13NO4/c20-12-3-1-4-13(9-12)24-10-14-18(23-25-19(14)11-7-8-11)17-15(21)5-2-6-16(17)22;1-17-11-3-2-7(12(14)15)6-10(11)8-4-9(5-8)13-16/h1-6,9,11H,7-8,10H2;2-3,6,8-9H,4-5H2,1H3,(H,14,15). The quantitative estimate of drug-likeness (QED) is 0.184. The smallest absolute Gasteiger partial charge is 0.335 e. The summed E-state index contributed by atoms with van der Waals surface area (Å²) < 4.78 is 16.7. The summed E-state index contributed by atoms with van der Waals surface area (Å²) in [4.78, 5) is 21.2. The molecule has 2 fully saturated rings. The highest BCUT2D eigenvalue weighted by atomic mass is 35.5. The van der Waals surface area contributed by atoms with Crippen molar-refractivity contribution < 1.29 is 23.9 Å². The molecule has 1 N–H and O–H groups in total. The molecule has 0 amide bonds. The van der Waals surface area contributed by atoms with Crippen molar-refractivity contribution in [1.82, 2.24) is 5.16 Å². The third-order valence-electron chi connectivity index (χ3n) is 7.32. The predicted octanol–water partition coefficient (Wildman–Crippen LogP) is 9.16. The molecule has 0 atom stereocenters. The van der Waals surface area contributed by atoms with E-state index in [1.54, 1.807) is 49.6 Å². The fraction of sp³-hybridized carbons (Fsp3) is 0.290. The van der Waals surface area contributed by atoms with Crippen LogP contribution in [0.5, 0.6) is 11.5 Å². The molecule has 0 aliphatic heterocycles. The minimum absolute atomic E-state index is 0.141. The highest BCUT2D eigenvalue weighted by Gasteiger charge is 2.34. The zero-order chi connectivity index (χ0) is 29.8. The van der Waals surface area contributed by atoms with Gasteiger partial charge in [0, 0.05) is 16.5 Å². The molecule has 0 unspecified atom stereocenters. The first-order valence-electron chi connectivity index (χ1n) is 13.3. The summed E-state index contributed by atoms with van der Waals surface area (Å²) in [7, 11) is 1.55. The van der Waals surface area contributed by atoms with Crippen molar-refractivity contribution >= 4 is 40.8 Å². The maximum atomic E-state index is 10.9. The van der Waals surface area contributed by atoms with Crippen molar-refractivity contribution in [2.45, 2.75) is 50.2 Å². The lowest BCUT2D eigenvalue weighted by Gasteiger charge is -2.31. The molecule has 0 bridgehead atoms. The van der Waals surface area contributed by atoms with Gasteiger partial charge in [0.05, 0.1) is 34.3 Å². The maximum Gasteiger partial charge on any atom is 0.335 e. The number of rotatable bonds is 9. The Morgan fingerprint density at radius 1 is 1.02 bits per heavy atom. The van der Waals surface area contributed by atoms with Crippen LogP contribution in [0.25, 0.3) is 11.3 Å². The van der Waals surface area contributed by atoms with Crippen LogP contribution in [-0.2, 0) is 6.61 Å². The van der Waals surface area contributed by atoms with Gasteiger partial charge in [0.25, 0.3) is 0 Å². The van der Waals surface area contributed by atoms with Crippen LogP contribution in [0, 0.1) is 4.91 Å². The number of hydrogen-bond acceptors (Lipinski definition) is 7. The summed E-state index contributed by atoms with van der Waals surface area (Å²) in [5, 5.41) is 17.9. The summed E-state index contributed by atoms with van der Waals surface area (Å²) in [5.41, 5.74) is 3.29. The van der Waals surface area contributed by atoms with E-state index in [1.807, 2.05) is 12.1 Å². The van der Waals surface area contributed by atoms with Gasteiger partial charge in [0.2, 0.25) is 0 Å². The normalized spacial score (nSPS) is 17.4. The molecule has 0 saturated heterocycles. The number of methoxy groups -OCH3 is 1. The fourth-order valence-corrected chi connectivity index (χ4v) is 5.63. The molecule has 2 aliphatic rings. The molecule has 218 valence electrons. The number of carboxylic acids is 1. The van der Waals surface area contributed by atoms with Gasteiger partial charge in [-0.15, -0.1) is 0 Å². The van der Waals surface area contributed by atoms with Crippen LogP contribution in [0.1, 0.15) is 64.8 Å². The third kappa shape index (κ3) is 6.72. The largest absolute Gasteiger partial charge is 0.496 e. The summed E-state index contributed by atoms with van der Waals surface area (Å²) in [6, 6.07) is 17.3. The van der Waals surface area contributed by atoms with Crippen LogP contribution >= 0.6 is 34.8 Å². The number of aromatic carboxylic acids is 1. The molecular formula is C31H27Cl3N2O6. The Morgan fingerprint density at radius 2 is 1.74 bits per heavy atom. The number of nitroso groups, excluding NO2 is 1. The fourth-order valence-electron chi connectivity index (χ4n) is 4.87. The average molecular weight is 630 g/mol. The Balaban J connectivity index is 0.000000181. The van der Waals surface area contributed by atoms with E-state index in [1.165, 1.54) is 6.07 Å². The highest BCUT2D eigenvalue weighted by Crippen LogP contribution is 2.46. The van der Waals surface area contributed by atoms with E-state index >= 15 is 0 Å². The second-order valence-electron chi connectivity index (χ2n) is 10.2. The van der Waals surface area contributed by atoms with Crippen molar-refractivity contribution in [3.8, 4) is 22.8 Å². The van der Waals surface area contributed by atoms with Crippen LogP contribution < -0.4 is 9.47 Å². The second-order valence-corrected chi connectivity index (χ2v) is 11.4. The zero-order valence-electron chi connectivity index (χ0n) is 22.6. The lowest BCUT2D eigenvalue weighted by Crippen LogP contribution is -2.25. The second kappa shape index (κ2) is 13.2. The number of halogens is 3. The van der Waals surface area contributed by atoms with Crippen molar-refractivity contribution in [1.29, 1.82) is 0 Å². The van der Waals surface area contributed by atoms with Crippen molar-refractivity contribution in [2.75, 3.05) is 7.11 Å². The summed E-state index contributed by atoms with van der Waals surface area (Å²) in [6.07, 6.45) is 3.52. The first kappa shape index (κ1) is 29.9. The minimum Gasteiger partial charge on any atom is -0.496 e. The molecule has 2 aliphatic carbocycles. The molecular weight excluding hydrogens is 603 g/mol. The van der Waals surface area contributed by atoms with Crippen molar-refractivity contribution in [3.63, 3.8) is 0 Å². The summed E-state index contributed by atoms with van der Waals surface area (Å²) in [5.74, 6) is 1.81. The van der Waals surface area contributed by atoms with E-state index in [-0.39, 0.29) is 17.5 Å². The Kier molecular flexibility index (Phi) is 9.36. The molecule has 4 aromatic rings. The van der Waals surface area contributed by atoms with E-state index in [4.69, 9.17) is 53.9 Å². The van der Waals surface area contributed by atoms with Gasteiger partial charge in [-0.3, -0.25) is 0 Å². The van der Waals surface area contributed by atoms with Crippen molar-refractivity contribution in [3.05, 3.63) is 103 Å². The van der Waals surface area contributed by atoms with Gasteiger partial charge in [0.1, 0.15) is 29.6 Å². The highest BCUT2D eigenvalue weighted by molar-refractivity contribution is 6.39. The SMILES string of the molecule is COc1ccc(C(=O)O)cc1C1CC(N=O)C1.Clc1cccc(OCc2c(-c3c(Cl)cccc3Cl)noc2C2CC2)c1. The Labute approximate surface area is 257 Å². The topological polar surface area (TPSA) is 111 Å². The van der Waals surface area contributed by atoms with Crippen LogP contribution in [0.2, 0.25) is 15.1 Å².